The molecule has 0 saturated carbocycles. The number of hydrogen-bond acceptors (Lipinski definition) is 5. The first-order valence-corrected chi connectivity index (χ1v) is 8.32. The molecular formula is C17H22N2O3S. The van der Waals surface area contributed by atoms with Gasteiger partial charge in [-0.05, 0) is 25.5 Å². The molecule has 0 aliphatic rings. The molecule has 0 aliphatic heterocycles. The van der Waals surface area contributed by atoms with Crippen molar-refractivity contribution >= 4 is 17.2 Å². The van der Waals surface area contributed by atoms with E-state index >= 15 is 0 Å². The maximum Gasteiger partial charge on any atom is 0.225 e. The number of carbonyl (C=O) groups excluding carboxylic acids is 1. The van der Waals surface area contributed by atoms with Gasteiger partial charge in [-0.25, -0.2) is 4.98 Å². The third kappa shape index (κ3) is 4.77. The lowest BCUT2D eigenvalue weighted by Crippen LogP contribution is -2.26. The average Bonchev–Trinajstić information content (AvgIpc) is 2.92. The van der Waals surface area contributed by atoms with Crippen LogP contribution in [0.1, 0.15) is 17.0 Å². The molecule has 1 heterocycles. The highest BCUT2D eigenvalue weighted by Crippen LogP contribution is 2.34. The van der Waals surface area contributed by atoms with Crippen LogP contribution in [0.25, 0.3) is 10.6 Å². The van der Waals surface area contributed by atoms with Crippen molar-refractivity contribution in [2.45, 2.75) is 19.8 Å². The van der Waals surface area contributed by atoms with E-state index in [2.05, 4.69) is 10.3 Å². The van der Waals surface area contributed by atoms with Gasteiger partial charge in [0.25, 0.3) is 0 Å². The van der Waals surface area contributed by atoms with Gasteiger partial charge in [0.15, 0.2) is 0 Å². The van der Waals surface area contributed by atoms with E-state index in [-0.39, 0.29) is 5.91 Å². The molecule has 0 unspecified atom stereocenters. The van der Waals surface area contributed by atoms with Crippen molar-refractivity contribution in [3.05, 3.63) is 34.8 Å². The smallest absolute Gasteiger partial charge is 0.225 e. The highest BCUT2D eigenvalue weighted by atomic mass is 32.1. The fraction of sp³-hybridized carbons (Fsp3) is 0.412. The maximum absolute atomic E-state index is 12.0. The summed E-state index contributed by atoms with van der Waals surface area (Å²) in [5.74, 6) is 0.802. The van der Waals surface area contributed by atoms with E-state index in [4.69, 9.17) is 9.47 Å². The number of rotatable bonds is 8. The molecule has 0 aliphatic carbocycles. The molecule has 0 atom stereocenters. The summed E-state index contributed by atoms with van der Waals surface area (Å²) in [4.78, 5) is 17.6. The van der Waals surface area contributed by atoms with Crippen LogP contribution >= 0.6 is 11.3 Å². The number of hydrogen-bond donors (Lipinski definition) is 1. The number of aromatic nitrogens is 1. The maximum atomic E-state index is 12.0. The van der Waals surface area contributed by atoms with E-state index < -0.39 is 0 Å². The monoisotopic (exact) mass is 334 g/mol. The molecule has 0 fully saturated rings. The molecule has 0 radical (unpaired) electrons. The lowest BCUT2D eigenvalue weighted by atomic mass is 10.2. The van der Waals surface area contributed by atoms with Crippen LogP contribution in [0.15, 0.2) is 24.3 Å². The number of carbonyl (C=O) groups is 1. The molecule has 1 aromatic heterocycles. The van der Waals surface area contributed by atoms with Gasteiger partial charge in [-0.2, -0.15) is 0 Å². The minimum atomic E-state index is 0.0134. The summed E-state index contributed by atoms with van der Waals surface area (Å²) in [5, 5.41) is 3.78. The topological polar surface area (TPSA) is 60.5 Å². The highest BCUT2D eigenvalue weighted by Gasteiger charge is 2.15. The first-order valence-electron chi connectivity index (χ1n) is 7.51. The number of nitrogens with zero attached hydrogens (tertiary/aromatic N) is 1. The fourth-order valence-corrected chi connectivity index (χ4v) is 3.27. The van der Waals surface area contributed by atoms with Gasteiger partial charge >= 0.3 is 0 Å². The number of aryl methyl sites for hydroxylation is 1. The van der Waals surface area contributed by atoms with Crippen LogP contribution in [0.4, 0.5) is 0 Å². The third-order valence-electron chi connectivity index (χ3n) is 3.40. The molecule has 2 rings (SSSR count). The summed E-state index contributed by atoms with van der Waals surface area (Å²) in [5.41, 5.74) is 1.85. The van der Waals surface area contributed by atoms with Crippen LogP contribution in [0.2, 0.25) is 0 Å². The molecule has 124 valence electrons. The van der Waals surface area contributed by atoms with Gasteiger partial charge in [0.2, 0.25) is 5.91 Å². The van der Waals surface area contributed by atoms with Gasteiger partial charge in [0.05, 0.1) is 24.8 Å². The van der Waals surface area contributed by atoms with Gasteiger partial charge in [0.1, 0.15) is 10.8 Å². The molecule has 2 aromatic rings. The van der Waals surface area contributed by atoms with Crippen molar-refractivity contribution in [2.75, 3.05) is 27.4 Å². The van der Waals surface area contributed by atoms with E-state index in [0.29, 0.717) is 19.6 Å². The summed E-state index contributed by atoms with van der Waals surface area (Å²) >= 11 is 1.54. The SMILES string of the molecule is COCCCNC(=O)Cc1sc(-c2ccccc2OC)nc1C. The quantitative estimate of drug-likeness (QED) is 0.754. The zero-order valence-corrected chi connectivity index (χ0v) is 14.5. The summed E-state index contributed by atoms with van der Waals surface area (Å²) in [6.07, 6.45) is 1.17. The van der Waals surface area contributed by atoms with Crippen LogP contribution in [0, 0.1) is 6.92 Å². The Hall–Kier alpha value is -1.92. The summed E-state index contributed by atoms with van der Waals surface area (Å²) in [6.45, 7) is 3.21. The first kappa shape index (κ1) is 17.4. The van der Waals surface area contributed by atoms with Crippen LogP contribution in [-0.4, -0.2) is 38.3 Å². The minimum Gasteiger partial charge on any atom is -0.496 e. The average molecular weight is 334 g/mol. The Morgan fingerprint density at radius 3 is 2.83 bits per heavy atom. The van der Waals surface area contributed by atoms with Gasteiger partial charge in [-0.15, -0.1) is 11.3 Å². The standard InChI is InChI=1S/C17H22N2O3S/c1-12-15(11-16(20)18-9-6-10-21-2)23-17(19-12)13-7-4-5-8-14(13)22-3/h4-5,7-8H,6,9-11H2,1-3H3,(H,18,20). The van der Waals surface area contributed by atoms with E-state index in [1.54, 1.807) is 14.2 Å². The molecule has 0 saturated heterocycles. The number of thiazole rings is 1. The number of methoxy groups -OCH3 is 2. The molecule has 1 aromatic carbocycles. The van der Waals surface area contributed by atoms with E-state index in [1.807, 2.05) is 31.2 Å². The van der Waals surface area contributed by atoms with Crippen molar-refractivity contribution in [2.24, 2.45) is 0 Å². The van der Waals surface area contributed by atoms with Crippen LogP contribution < -0.4 is 10.1 Å². The Morgan fingerprint density at radius 1 is 1.30 bits per heavy atom. The van der Waals surface area contributed by atoms with Crippen molar-refractivity contribution in [3.63, 3.8) is 0 Å². The molecule has 1 N–H and O–H groups in total. The first-order chi connectivity index (χ1) is 11.2. The zero-order chi connectivity index (χ0) is 16.7. The van der Waals surface area contributed by atoms with Crippen molar-refractivity contribution in [3.8, 4) is 16.3 Å². The molecule has 5 nitrogen and oxygen atoms in total. The molecule has 0 spiro atoms. The normalized spacial score (nSPS) is 10.6. The Morgan fingerprint density at radius 2 is 2.09 bits per heavy atom. The van der Waals surface area contributed by atoms with Gasteiger partial charge in [-0.1, -0.05) is 12.1 Å². The molecular weight excluding hydrogens is 312 g/mol. The van der Waals surface area contributed by atoms with Gasteiger partial charge in [0, 0.05) is 25.1 Å². The number of nitrogens with one attached hydrogen (secondary N) is 1. The number of ether oxygens (including phenoxy) is 2. The van der Waals surface area contributed by atoms with E-state index in [0.717, 1.165) is 33.3 Å². The third-order valence-corrected chi connectivity index (χ3v) is 4.59. The number of benzene rings is 1. The molecule has 23 heavy (non-hydrogen) atoms. The van der Waals surface area contributed by atoms with E-state index in [9.17, 15) is 4.79 Å². The fourth-order valence-electron chi connectivity index (χ4n) is 2.18. The Balaban J connectivity index is 2.05. The second kappa shape index (κ2) is 8.64. The zero-order valence-electron chi connectivity index (χ0n) is 13.7. The second-order valence-electron chi connectivity index (χ2n) is 5.10. The summed E-state index contributed by atoms with van der Waals surface area (Å²) in [7, 11) is 3.30. The van der Waals surface area contributed by atoms with Crippen LogP contribution in [-0.2, 0) is 16.0 Å². The highest BCUT2D eigenvalue weighted by molar-refractivity contribution is 7.15. The van der Waals surface area contributed by atoms with Gasteiger partial charge in [-0.3, -0.25) is 4.79 Å². The van der Waals surface area contributed by atoms with Crippen molar-refractivity contribution < 1.29 is 14.3 Å². The summed E-state index contributed by atoms with van der Waals surface area (Å²) in [6, 6.07) is 7.77. The lowest BCUT2D eigenvalue weighted by Gasteiger charge is -2.04. The molecule has 1 amide bonds. The molecule has 6 heteroatoms. The Labute approximate surface area is 140 Å². The summed E-state index contributed by atoms with van der Waals surface area (Å²) < 4.78 is 10.3. The van der Waals surface area contributed by atoms with Crippen LogP contribution in [0.5, 0.6) is 5.75 Å². The Kier molecular flexibility index (Phi) is 6.55. The Bertz CT molecular complexity index is 655. The van der Waals surface area contributed by atoms with Crippen molar-refractivity contribution in [1.82, 2.24) is 10.3 Å². The van der Waals surface area contributed by atoms with Gasteiger partial charge < -0.3 is 14.8 Å². The predicted octanol–water partition coefficient (Wildman–Crippen LogP) is 2.82. The second-order valence-corrected chi connectivity index (χ2v) is 6.18. The minimum absolute atomic E-state index is 0.0134. The number of amides is 1. The molecule has 0 bridgehead atoms. The van der Waals surface area contributed by atoms with Crippen molar-refractivity contribution in [1.29, 1.82) is 0 Å². The van der Waals surface area contributed by atoms with E-state index in [1.165, 1.54) is 11.3 Å². The largest absolute Gasteiger partial charge is 0.496 e. The van der Waals surface area contributed by atoms with Crippen LogP contribution in [0.3, 0.4) is 0 Å². The number of para-hydroxylation sites is 1. The lowest BCUT2D eigenvalue weighted by molar-refractivity contribution is -0.120. The predicted molar refractivity (Wildman–Crippen MR) is 92.0 cm³/mol.